The van der Waals surface area contributed by atoms with E-state index in [0.29, 0.717) is 0 Å². The van der Waals surface area contributed by atoms with Gasteiger partial charge in [0.25, 0.3) is 0 Å². The van der Waals surface area contributed by atoms with Crippen LogP contribution in [0.5, 0.6) is 0 Å². The van der Waals surface area contributed by atoms with E-state index in [1.54, 1.807) is 6.92 Å². The zero-order chi connectivity index (χ0) is 12.3. The van der Waals surface area contributed by atoms with Crippen molar-refractivity contribution in [1.29, 1.82) is 5.26 Å². The molecule has 1 atom stereocenters. The normalized spacial score (nSPS) is 15.2. The molecule has 0 saturated carbocycles. The molecular formula is C11H17NOS2. The number of ketones is 1. The van der Waals surface area contributed by atoms with Crippen LogP contribution >= 0.6 is 24.0 Å². The summed E-state index contributed by atoms with van der Waals surface area (Å²) >= 11 is 6.59. The van der Waals surface area contributed by atoms with Crippen molar-refractivity contribution in [3.8, 4) is 6.07 Å². The minimum atomic E-state index is -0.726. The number of carbonyl (C=O) groups excluding carboxylic acids is 1. The Morgan fingerprint density at radius 1 is 1.40 bits per heavy atom. The Labute approximate surface area is 101 Å². The third kappa shape index (κ3) is 5.29. The Hall–Kier alpha value is -0.400. The summed E-state index contributed by atoms with van der Waals surface area (Å²) in [5.74, 6) is 0.0169. The van der Waals surface area contributed by atoms with Gasteiger partial charge in [0.15, 0.2) is 0 Å². The van der Waals surface area contributed by atoms with Crippen molar-refractivity contribution < 1.29 is 4.79 Å². The van der Waals surface area contributed by atoms with Crippen molar-refractivity contribution in [2.45, 2.75) is 45.8 Å². The van der Waals surface area contributed by atoms with Crippen molar-refractivity contribution in [1.82, 2.24) is 0 Å². The second kappa shape index (κ2) is 5.09. The summed E-state index contributed by atoms with van der Waals surface area (Å²) in [6, 6.07) is 2.17. The average molecular weight is 243 g/mol. The molecule has 1 unspecified atom stereocenters. The van der Waals surface area contributed by atoms with Crippen LogP contribution in [0.15, 0.2) is 0 Å². The number of nitrogens with zero attached hydrogens (tertiary/aromatic N) is 1. The number of carbonyl (C=O) groups is 1. The summed E-state index contributed by atoms with van der Waals surface area (Å²) in [4.78, 5) is 11.0. The number of thioether (sulfide) groups is 1. The maximum Gasteiger partial charge on any atom is 0.132 e. The van der Waals surface area contributed by atoms with E-state index in [4.69, 9.17) is 17.5 Å². The molecule has 0 aliphatic carbocycles. The standard InChI is InChI=1S/C11H17NOS2/c1-8(13)6-11(5,7-12)15-9(14)10(2,3)4/h6H2,1-5H3. The molecule has 0 heterocycles. The molecule has 0 aromatic carbocycles. The van der Waals surface area contributed by atoms with E-state index in [-0.39, 0.29) is 17.6 Å². The maximum atomic E-state index is 11.0. The molecule has 0 aromatic rings. The predicted octanol–water partition coefficient (Wildman–Crippen LogP) is 3.35. The zero-order valence-electron chi connectivity index (χ0n) is 9.88. The van der Waals surface area contributed by atoms with Crippen molar-refractivity contribution in [3.05, 3.63) is 0 Å². The molecule has 0 spiro atoms. The molecule has 0 bridgehead atoms. The van der Waals surface area contributed by atoms with Crippen molar-refractivity contribution in [3.63, 3.8) is 0 Å². The molecule has 84 valence electrons. The fraction of sp³-hybridized carbons (Fsp3) is 0.727. The smallest absolute Gasteiger partial charge is 0.132 e. The van der Waals surface area contributed by atoms with E-state index in [2.05, 4.69) is 6.07 Å². The highest BCUT2D eigenvalue weighted by Crippen LogP contribution is 2.36. The molecule has 4 heteroatoms. The number of thiocarbonyl (C=S) groups is 1. The van der Waals surface area contributed by atoms with Gasteiger partial charge in [-0.05, 0) is 13.8 Å². The summed E-state index contributed by atoms with van der Waals surface area (Å²) in [6.45, 7) is 9.28. The van der Waals surface area contributed by atoms with Gasteiger partial charge in [-0.2, -0.15) is 5.26 Å². The van der Waals surface area contributed by atoms with Gasteiger partial charge >= 0.3 is 0 Å². The Balaban J connectivity index is 4.68. The van der Waals surface area contributed by atoms with Gasteiger partial charge in [0, 0.05) is 11.8 Å². The van der Waals surface area contributed by atoms with E-state index >= 15 is 0 Å². The highest BCUT2D eigenvalue weighted by Gasteiger charge is 2.32. The molecule has 0 aliphatic rings. The van der Waals surface area contributed by atoms with Crippen molar-refractivity contribution >= 4 is 34.0 Å². The second-order valence-electron chi connectivity index (χ2n) is 4.86. The van der Waals surface area contributed by atoms with E-state index in [0.717, 1.165) is 4.20 Å². The molecule has 0 rings (SSSR count). The van der Waals surface area contributed by atoms with Crippen molar-refractivity contribution in [2.24, 2.45) is 5.41 Å². The van der Waals surface area contributed by atoms with Crippen LogP contribution in [0.2, 0.25) is 0 Å². The quantitative estimate of drug-likeness (QED) is 0.713. The molecule has 2 nitrogen and oxygen atoms in total. The third-order valence-corrected chi connectivity index (χ3v) is 4.10. The van der Waals surface area contributed by atoms with Crippen LogP contribution in [0.1, 0.15) is 41.0 Å². The molecule has 0 fully saturated rings. The fourth-order valence-electron chi connectivity index (χ4n) is 0.931. The van der Waals surface area contributed by atoms with Crippen LogP contribution in [0, 0.1) is 16.7 Å². The maximum absolute atomic E-state index is 11.0. The number of hydrogen-bond acceptors (Lipinski definition) is 4. The molecule has 0 aromatic heterocycles. The SMILES string of the molecule is CC(=O)CC(C)(C#N)SC(=S)C(C)(C)C. The van der Waals surface area contributed by atoms with Gasteiger partial charge in [0.1, 0.15) is 10.5 Å². The Bertz CT molecular complexity index is 312. The number of nitriles is 1. The highest BCUT2D eigenvalue weighted by atomic mass is 32.2. The van der Waals surface area contributed by atoms with Gasteiger partial charge in [0.05, 0.1) is 10.3 Å². The predicted molar refractivity (Wildman–Crippen MR) is 69.0 cm³/mol. The Morgan fingerprint density at radius 2 is 1.87 bits per heavy atom. The topological polar surface area (TPSA) is 40.9 Å². The summed E-state index contributed by atoms with van der Waals surface area (Å²) in [7, 11) is 0. The summed E-state index contributed by atoms with van der Waals surface area (Å²) in [5, 5.41) is 9.07. The number of Topliss-reactive ketones (excluding diaryl/α,β-unsaturated/α-hetero) is 1. The van der Waals surface area contributed by atoms with Crippen LogP contribution in [0.4, 0.5) is 0 Å². The van der Waals surface area contributed by atoms with E-state index in [9.17, 15) is 4.79 Å². The first-order chi connectivity index (χ1) is 6.60. The summed E-state index contributed by atoms with van der Waals surface area (Å²) in [5.41, 5.74) is -0.116. The Morgan fingerprint density at radius 3 is 2.13 bits per heavy atom. The lowest BCUT2D eigenvalue weighted by Crippen LogP contribution is -2.27. The highest BCUT2D eigenvalue weighted by molar-refractivity contribution is 8.24. The van der Waals surface area contributed by atoms with Crippen LogP contribution in [0.25, 0.3) is 0 Å². The van der Waals surface area contributed by atoms with Crippen LogP contribution in [-0.4, -0.2) is 14.7 Å². The number of hydrogen-bond donors (Lipinski definition) is 0. The lowest BCUT2D eigenvalue weighted by atomic mass is 10.0. The van der Waals surface area contributed by atoms with Crippen LogP contribution in [-0.2, 0) is 4.79 Å². The lowest BCUT2D eigenvalue weighted by Gasteiger charge is -2.26. The van der Waals surface area contributed by atoms with E-state index < -0.39 is 4.75 Å². The average Bonchev–Trinajstić information content (AvgIpc) is 2.00. The molecule has 0 aliphatic heterocycles. The first kappa shape index (κ1) is 14.6. The minimum absolute atomic E-state index is 0.0169. The second-order valence-corrected chi connectivity index (χ2v) is 7.04. The van der Waals surface area contributed by atoms with Gasteiger partial charge in [-0.3, -0.25) is 4.79 Å². The first-order valence-electron chi connectivity index (χ1n) is 4.75. The van der Waals surface area contributed by atoms with Crippen LogP contribution < -0.4 is 0 Å². The third-order valence-electron chi connectivity index (χ3n) is 1.75. The fourth-order valence-corrected chi connectivity index (χ4v) is 2.52. The summed E-state index contributed by atoms with van der Waals surface area (Å²) in [6.07, 6.45) is 0.240. The van der Waals surface area contributed by atoms with E-state index in [1.165, 1.54) is 18.7 Å². The van der Waals surface area contributed by atoms with Gasteiger partial charge in [0.2, 0.25) is 0 Å². The molecule has 15 heavy (non-hydrogen) atoms. The first-order valence-corrected chi connectivity index (χ1v) is 5.97. The van der Waals surface area contributed by atoms with Gasteiger partial charge in [-0.15, -0.1) is 0 Å². The molecule has 0 radical (unpaired) electrons. The number of rotatable bonds is 3. The monoisotopic (exact) mass is 243 g/mol. The van der Waals surface area contributed by atoms with Crippen molar-refractivity contribution in [2.75, 3.05) is 0 Å². The lowest BCUT2D eigenvalue weighted by molar-refractivity contribution is -0.117. The zero-order valence-corrected chi connectivity index (χ0v) is 11.5. The minimum Gasteiger partial charge on any atom is -0.300 e. The van der Waals surface area contributed by atoms with Gasteiger partial charge in [-0.25, -0.2) is 0 Å². The molecule has 0 saturated heterocycles. The van der Waals surface area contributed by atoms with E-state index in [1.807, 2.05) is 20.8 Å². The molecule has 0 N–H and O–H groups in total. The van der Waals surface area contributed by atoms with Gasteiger partial charge in [-0.1, -0.05) is 44.8 Å². The van der Waals surface area contributed by atoms with Crippen LogP contribution in [0.3, 0.4) is 0 Å². The molecular weight excluding hydrogens is 226 g/mol. The summed E-state index contributed by atoms with van der Waals surface area (Å²) < 4.78 is 0.0451. The molecule has 0 amide bonds. The largest absolute Gasteiger partial charge is 0.300 e. The van der Waals surface area contributed by atoms with Gasteiger partial charge < -0.3 is 0 Å². The Kier molecular flexibility index (Phi) is 4.95.